The van der Waals surface area contributed by atoms with Crippen LogP contribution in [0.4, 0.5) is 0 Å². The summed E-state index contributed by atoms with van der Waals surface area (Å²) >= 11 is 1.14. The molecule has 21 heavy (non-hydrogen) atoms. The van der Waals surface area contributed by atoms with Gasteiger partial charge in [-0.15, -0.1) is 11.3 Å². The van der Waals surface area contributed by atoms with Gasteiger partial charge in [0, 0.05) is 10.4 Å². The Balaban J connectivity index is 2.00. The SMILES string of the molecule is CNS(=O)(=O)c1ccc(CNC(=O)c2ccc(C)cc2)s1. The molecule has 7 heteroatoms. The first-order chi connectivity index (χ1) is 9.92. The quantitative estimate of drug-likeness (QED) is 0.882. The van der Waals surface area contributed by atoms with Crippen molar-refractivity contribution in [2.75, 3.05) is 7.05 Å². The van der Waals surface area contributed by atoms with Gasteiger partial charge in [-0.1, -0.05) is 17.7 Å². The van der Waals surface area contributed by atoms with Crippen LogP contribution < -0.4 is 10.0 Å². The van der Waals surface area contributed by atoms with Crippen molar-refractivity contribution in [1.82, 2.24) is 10.0 Å². The van der Waals surface area contributed by atoms with Crippen molar-refractivity contribution in [2.45, 2.75) is 17.7 Å². The molecule has 1 heterocycles. The Labute approximate surface area is 128 Å². The first kappa shape index (κ1) is 15.7. The number of amides is 1. The van der Waals surface area contributed by atoms with E-state index < -0.39 is 10.0 Å². The minimum atomic E-state index is -3.42. The van der Waals surface area contributed by atoms with Crippen molar-refractivity contribution in [2.24, 2.45) is 0 Å². The molecule has 5 nitrogen and oxygen atoms in total. The van der Waals surface area contributed by atoms with Crippen molar-refractivity contribution in [3.05, 3.63) is 52.4 Å². The smallest absolute Gasteiger partial charge is 0.251 e. The Bertz CT molecular complexity index is 734. The van der Waals surface area contributed by atoms with Gasteiger partial charge in [0.1, 0.15) is 4.21 Å². The number of benzene rings is 1. The van der Waals surface area contributed by atoms with Crippen molar-refractivity contribution in [3.8, 4) is 0 Å². The van der Waals surface area contributed by atoms with E-state index in [4.69, 9.17) is 0 Å². The summed E-state index contributed by atoms with van der Waals surface area (Å²) in [5, 5.41) is 2.77. The largest absolute Gasteiger partial charge is 0.347 e. The van der Waals surface area contributed by atoms with E-state index >= 15 is 0 Å². The molecule has 1 aromatic heterocycles. The summed E-state index contributed by atoms with van der Waals surface area (Å²) in [6.45, 7) is 2.26. The molecule has 0 saturated heterocycles. The second-order valence-corrected chi connectivity index (χ2v) is 7.76. The summed E-state index contributed by atoms with van der Waals surface area (Å²) in [4.78, 5) is 12.7. The van der Waals surface area contributed by atoms with Crippen LogP contribution in [0.2, 0.25) is 0 Å². The standard InChI is InChI=1S/C14H16N2O3S2/c1-10-3-5-11(6-4-10)14(17)16-9-12-7-8-13(20-12)21(18,19)15-2/h3-8,15H,9H2,1-2H3,(H,16,17). The van der Waals surface area contributed by atoms with E-state index in [1.807, 2.05) is 19.1 Å². The van der Waals surface area contributed by atoms with Gasteiger partial charge in [0.05, 0.1) is 6.54 Å². The van der Waals surface area contributed by atoms with Crippen LogP contribution in [0.25, 0.3) is 0 Å². The van der Waals surface area contributed by atoms with Gasteiger partial charge in [-0.25, -0.2) is 13.1 Å². The van der Waals surface area contributed by atoms with Crippen molar-refractivity contribution in [1.29, 1.82) is 0 Å². The molecule has 0 bridgehead atoms. The first-order valence-electron chi connectivity index (χ1n) is 6.29. The van der Waals surface area contributed by atoms with Crippen molar-refractivity contribution in [3.63, 3.8) is 0 Å². The van der Waals surface area contributed by atoms with E-state index in [1.165, 1.54) is 13.1 Å². The van der Waals surface area contributed by atoms with Crippen LogP contribution in [0.5, 0.6) is 0 Å². The summed E-state index contributed by atoms with van der Waals surface area (Å²) in [5.74, 6) is -0.179. The summed E-state index contributed by atoms with van der Waals surface area (Å²) < 4.78 is 25.7. The molecule has 0 saturated carbocycles. The summed E-state index contributed by atoms with van der Waals surface area (Å²) in [6.07, 6.45) is 0. The lowest BCUT2D eigenvalue weighted by Crippen LogP contribution is -2.22. The van der Waals surface area contributed by atoms with E-state index in [-0.39, 0.29) is 10.1 Å². The predicted octanol–water partition coefficient (Wildman–Crippen LogP) is 1.89. The third-order valence-corrected chi connectivity index (χ3v) is 5.90. The minimum Gasteiger partial charge on any atom is -0.347 e. The molecular weight excluding hydrogens is 308 g/mol. The average Bonchev–Trinajstić information content (AvgIpc) is 2.95. The number of thiophene rings is 1. The molecule has 2 aromatic rings. The summed E-state index contributed by atoms with van der Waals surface area (Å²) in [6, 6.07) is 10.5. The lowest BCUT2D eigenvalue weighted by atomic mass is 10.1. The Hall–Kier alpha value is -1.70. The van der Waals surface area contributed by atoms with Crippen LogP contribution in [0.15, 0.2) is 40.6 Å². The molecule has 0 aliphatic heterocycles. The van der Waals surface area contributed by atoms with Crippen molar-refractivity contribution < 1.29 is 13.2 Å². The van der Waals surface area contributed by atoms with Gasteiger partial charge in [0.2, 0.25) is 10.0 Å². The molecule has 1 aromatic carbocycles. The number of carbonyl (C=O) groups excluding carboxylic acids is 1. The molecule has 2 rings (SSSR count). The van der Waals surface area contributed by atoms with Gasteiger partial charge >= 0.3 is 0 Å². The minimum absolute atomic E-state index is 0.179. The van der Waals surface area contributed by atoms with Crippen LogP contribution in [0.1, 0.15) is 20.8 Å². The molecule has 0 radical (unpaired) electrons. The normalized spacial score (nSPS) is 11.3. The Morgan fingerprint density at radius 2 is 1.81 bits per heavy atom. The predicted molar refractivity (Wildman–Crippen MR) is 82.9 cm³/mol. The molecule has 0 spiro atoms. The van der Waals surface area contributed by atoms with Crippen LogP contribution >= 0.6 is 11.3 Å². The van der Waals surface area contributed by atoms with Gasteiger partial charge < -0.3 is 5.32 Å². The molecule has 1 amide bonds. The van der Waals surface area contributed by atoms with Gasteiger partial charge in [-0.2, -0.15) is 0 Å². The zero-order chi connectivity index (χ0) is 15.5. The Morgan fingerprint density at radius 1 is 1.14 bits per heavy atom. The zero-order valence-corrected chi connectivity index (χ0v) is 13.3. The van der Waals surface area contributed by atoms with Crippen LogP contribution in [0.3, 0.4) is 0 Å². The molecule has 2 N–H and O–H groups in total. The molecule has 0 fully saturated rings. The van der Waals surface area contributed by atoms with Crippen LogP contribution in [-0.2, 0) is 16.6 Å². The zero-order valence-electron chi connectivity index (χ0n) is 11.7. The topological polar surface area (TPSA) is 75.3 Å². The fraction of sp³-hybridized carbons (Fsp3) is 0.214. The second-order valence-electron chi connectivity index (χ2n) is 4.48. The average molecular weight is 324 g/mol. The lowest BCUT2D eigenvalue weighted by Gasteiger charge is -2.04. The number of rotatable bonds is 5. The van der Waals surface area contributed by atoms with E-state index in [1.54, 1.807) is 18.2 Å². The highest BCUT2D eigenvalue weighted by molar-refractivity contribution is 7.91. The van der Waals surface area contributed by atoms with Gasteiger partial charge in [-0.3, -0.25) is 4.79 Å². The molecule has 0 unspecified atom stereocenters. The number of hydrogen-bond acceptors (Lipinski definition) is 4. The number of hydrogen-bond donors (Lipinski definition) is 2. The fourth-order valence-corrected chi connectivity index (χ4v) is 3.81. The molecule has 0 aliphatic rings. The lowest BCUT2D eigenvalue weighted by molar-refractivity contribution is 0.0951. The highest BCUT2D eigenvalue weighted by Crippen LogP contribution is 2.21. The Morgan fingerprint density at radius 3 is 2.43 bits per heavy atom. The molecular formula is C14H16N2O3S2. The van der Waals surface area contributed by atoms with Gasteiger partial charge in [-0.05, 0) is 38.2 Å². The highest BCUT2D eigenvalue weighted by Gasteiger charge is 2.14. The molecule has 112 valence electrons. The number of aryl methyl sites for hydroxylation is 1. The Kier molecular flexibility index (Phi) is 4.76. The van der Waals surface area contributed by atoms with E-state index in [0.717, 1.165) is 21.8 Å². The van der Waals surface area contributed by atoms with Gasteiger partial charge in [0.15, 0.2) is 0 Å². The monoisotopic (exact) mass is 324 g/mol. The van der Waals surface area contributed by atoms with Crippen molar-refractivity contribution >= 4 is 27.3 Å². The fourth-order valence-electron chi connectivity index (χ4n) is 1.67. The molecule has 0 atom stereocenters. The maximum absolute atomic E-state index is 12.0. The van der Waals surface area contributed by atoms with E-state index in [2.05, 4.69) is 10.0 Å². The summed E-state index contributed by atoms with van der Waals surface area (Å²) in [5.41, 5.74) is 1.67. The third-order valence-electron chi connectivity index (χ3n) is 2.91. The maximum atomic E-state index is 12.0. The highest BCUT2D eigenvalue weighted by atomic mass is 32.2. The maximum Gasteiger partial charge on any atom is 0.251 e. The third kappa shape index (κ3) is 3.90. The van der Waals surface area contributed by atoms with Crippen LogP contribution in [-0.4, -0.2) is 21.4 Å². The number of carbonyl (C=O) groups is 1. The summed E-state index contributed by atoms with van der Waals surface area (Å²) in [7, 11) is -2.05. The van der Waals surface area contributed by atoms with E-state index in [9.17, 15) is 13.2 Å². The number of sulfonamides is 1. The first-order valence-corrected chi connectivity index (χ1v) is 8.59. The number of nitrogens with one attached hydrogen (secondary N) is 2. The second kappa shape index (κ2) is 6.38. The van der Waals surface area contributed by atoms with Gasteiger partial charge in [0.25, 0.3) is 5.91 Å². The van der Waals surface area contributed by atoms with E-state index in [0.29, 0.717) is 12.1 Å². The van der Waals surface area contributed by atoms with Crippen LogP contribution in [0, 0.1) is 6.92 Å². The molecule has 0 aliphatic carbocycles.